The minimum atomic E-state index is -3.90. The number of hydrogen-bond acceptors (Lipinski definition) is 6. The number of benzene rings is 2. The molecule has 2 aromatic carbocycles. The standard InChI is InChI=1S/C25H32N2O6S/c1-16(2)23(27-12-11-17(3)19-9-7-8-10-22(19)34(27,29)30)25(28)26-15-18-13-20(31-4)24(33-6)21(14-18)32-5/h7-10,13-14,16,23H,3,11-12,15H2,1-2,4-6H3,(H,26,28)/t23-/m0/s1. The van der Waals surface area contributed by atoms with Gasteiger partial charge < -0.3 is 19.5 Å². The molecule has 0 saturated heterocycles. The third-order valence-corrected chi connectivity index (χ3v) is 7.83. The first-order chi connectivity index (χ1) is 16.1. The second kappa shape index (κ2) is 10.5. The van der Waals surface area contributed by atoms with Gasteiger partial charge in [-0.3, -0.25) is 4.79 Å². The number of methoxy groups -OCH3 is 3. The summed E-state index contributed by atoms with van der Waals surface area (Å²) in [5.74, 6) is 0.758. The maximum Gasteiger partial charge on any atom is 0.244 e. The molecule has 0 unspecified atom stereocenters. The molecular weight excluding hydrogens is 456 g/mol. The number of carbonyl (C=O) groups is 1. The fraction of sp³-hybridized carbons (Fsp3) is 0.400. The Kier molecular flexibility index (Phi) is 7.89. The van der Waals surface area contributed by atoms with Gasteiger partial charge in [-0.25, -0.2) is 8.42 Å². The third kappa shape index (κ3) is 4.90. The molecule has 0 bridgehead atoms. The zero-order valence-corrected chi connectivity index (χ0v) is 21.1. The fourth-order valence-corrected chi connectivity index (χ4v) is 6.16. The van der Waals surface area contributed by atoms with Crippen LogP contribution in [0.25, 0.3) is 5.57 Å². The molecule has 0 fully saturated rings. The van der Waals surface area contributed by atoms with Gasteiger partial charge in [0.25, 0.3) is 0 Å². The van der Waals surface area contributed by atoms with Crippen LogP contribution in [0.1, 0.15) is 31.4 Å². The predicted octanol–water partition coefficient (Wildman–Crippen LogP) is 3.46. The fourth-order valence-electron chi connectivity index (χ4n) is 4.20. The Hall–Kier alpha value is -3.04. The van der Waals surface area contributed by atoms with Crippen LogP contribution in [0.2, 0.25) is 0 Å². The molecule has 1 atom stereocenters. The molecule has 3 rings (SSSR count). The van der Waals surface area contributed by atoms with Crippen LogP contribution < -0.4 is 19.5 Å². The van der Waals surface area contributed by atoms with Crippen molar-refractivity contribution in [1.29, 1.82) is 0 Å². The van der Waals surface area contributed by atoms with Crippen LogP contribution in [0.15, 0.2) is 47.9 Å². The Morgan fingerprint density at radius 3 is 2.26 bits per heavy atom. The lowest BCUT2D eigenvalue weighted by molar-refractivity contribution is -0.126. The number of sulfonamides is 1. The van der Waals surface area contributed by atoms with Gasteiger partial charge in [0.05, 0.1) is 26.2 Å². The molecule has 0 spiro atoms. The summed E-state index contributed by atoms with van der Waals surface area (Å²) in [5, 5.41) is 2.89. The summed E-state index contributed by atoms with van der Waals surface area (Å²) >= 11 is 0. The van der Waals surface area contributed by atoms with E-state index >= 15 is 0 Å². The van der Waals surface area contributed by atoms with Crippen molar-refractivity contribution in [2.24, 2.45) is 5.92 Å². The third-order valence-electron chi connectivity index (χ3n) is 5.89. The van der Waals surface area contributed by atoms with Crippen molar-refractivity contribution in [2.75, 3.05) is 27.9 Å². The lowest BCUT2D eigenvalue weighted by Gasteiger charge is -2.31. The first-order valence-corrected chi connectivity index (χ1v) is 12.4. The smallest absolute Gasteiger partial charge is 0.244 e. The highest BCUT2D eigenvalue weighted by Gasteiger charge is 2.40. The molecule has 2 aromatic rings. The van der Waals surface area contributed by atoms with E-state index in [0.717, 1.165) is 11.1 Å². The summed E-state index contributed by atoms with van der Waals surface area (Å²) < 4.78 is 44.6. The maximum absolute atomic E-state index is 13.6. The molecular formula is C25H32N2O6S. The van der Waals surface area contributed by atoms with Crippen LogP contribution in [0.4, 0.5) is 0 Å². The Morgan fingerprint density at radius 1 is 1.09 bits per heavy atom. The van der Waals surface area contributed by atoms with Gasteiger partial charge in [0.1, 0.15) is 6.04 Å². The van der Waals surface area contributed by atoms with Gasteiger partial charge in [0, 0.05) is 13.1 Å². The summed E-state index contributed by atoms with van der Waals surface area (Å²) in [6.45, 7) is 8.08. The van der Waals surface area contributed by atoms with Crippen LogP contribution >= 0.6 is 0 Å². The molecule has 9 heteroatoms. The summed E-state index contributed by atoms with van der Waals surface area (Å²) in [5.41, 5.74) is 2.06. The molecule has 0 aliphatic carbocycles. The largest absolute Gasteiger partial charge is 0.493 e. The normalized spacial score (nSPS) is 16.4. The van der Waals surface area contributed by atoms with Gasteiger partial charge in [-0.15, -0.1) is 0 Å². The van der Waals surface area contributed by atoms with Crippen molar-refractivity contribution in [3.8, 4) is 17.2 Å². The van der Waals surface area contributed by atoms with Gasteiger partial charge in [0.2, 0.25) is 21.7 Å². The van der Waals surface area contributed by atoms with E-state index in [4.69, 9.17) is 14.2 Å². The summed E-state index contributed by atoms with van der Waals surface area (Å²) in [6.07, 6.45) is 0.444. The van der Waals surface area contributed by atoms with Crippen molar-refractivity contribution in [2.45, 2.75) is 37.8 Å². The average molecular weight is 489 g/mol. The van der Waals surface area contributed by atoms with Crippen LogP contribution in [0.3, 0.4) is 0 Å². The summed E-state index contributed by atoms with van der Waals surface area (Å²) in [7, 11) is 0.654. The van der Waals surface area contributed by atoms with E-state index in [-0.39, 0.29) is 29.8 Å². The number of nitrogens with one attached hydrogen (secondary N) is 1. The number of rotatable bonds is 8. The van der Waals surface area contributed by atoms with Crippen LogP contribution in [-0.2, 0) is 21.4 Å². The Bertz CT molecular complexity index is 1150. The molecule has 1 aliphatic rings. The van der Waals surface area contributed by atoms with Gasteiger partial charge in [-0.05, 0) is 47.2 Å². The van der Waals surface area contributed by atoms with Crippen molar-refractivity contribution in [3.63, 3.8) is 0 Å². The highest BCUT2D eigenvalue weighted by molar-refractivity contribution is 7.89. The molecule has 184 valence electrons. The maximum atomic E-state index is 13.6. The van der Waals surface area contributed by atoms with Gasteiger partial charge in [-0.1, -0.05) is 38.6 Å². The molecule has 1 N–H and O–H groups in total. The number of nitrogens with zero attached hydrogens (tertiary/aromatic N) is 1. The van der Waals surface area contributed by atoms with Gasteiger partial charge >= 0.3 is 0 Å². The number of hydrogen-bond donors (Lipinski definition) is 1. The van der Waals surface area contributed by atoms with Gasteiger partial charge in [-0.2, -0.15) is 4.31 Å². The monoisotopic (exact) mass is 488 g/mol. The van der Waals surface area contributed by atoms with Crippen LogP contribution in [-0.4, -0.2) is 52.5 Å². The van der Waals surface area contributed by atoms with Crippen molar-refractivity contribution < 1.29 is 27.4 Å². The summed E-state index contributed by atoms with van der Waals surface area (Å²) in [4.78, 5) is 13.5. The quantitative estimate of drug-likeness (QED) is 0.612. The second-order valence-corrected chi connectivity index (χ2v) is 10.3. The van der Waals surface area contributed by atoms with Crippen molar-refractivity contribution in [3.05, 3.63) is 54.1 Å². The van der Waals surface area contributed by atoms with E-state index in [2.05, 4.69) is 11.9 Å². The Morgan fingerprint density at radius 2 is 1.71 bits per heavy atom. The zero-order valence-electron chi connectivity index (χ0n) is 20.3. The van der Waals surface area contributed by atoms with Crippen LogP contribution in [0.5, 0.6) is 17.2 Å². The van der Waals surface area contributed by atoms with E-state index < -0.39 is 16.1 Å². The number of fused-ring (bicyclic) bond motifs is 1. The van der Waals surface area contributed by atoms with E-state index in [1.165, 1.54) is 25.6 Å². The minimum absolute atomic E-state index is 0.163. The SMILES string of the molecule is C=C1CCN([C@H](C(=O)NCc2cc(OC)c(OC)c(OC)c2)C(C)C)S(=O)(=O)c2ccccc21. The number of carbonyl (C=O) groups excluding carboxylic acids is 1. The number of amides is 1. The molecule has 0 radical (unpaired) electrons. The summed E-state index contributed by atoms with van der Waals surface area (Å²) in [6, 6.07) is 9.41. The lowest BCUT2D eigenvalue weighted by atomic mass is 10.0. The Labute approximate surface area is 201 Å². The highest BCUT2D eigenvalue weighted by atomic mass is 32.2. The molecule has 0 saturated carbocycles. The Balaban J connectivity index is 1.89. The van der Waals surface area contributed by atoms with Crippen LogP contribution in [0, 0.1) is 5.92 Å². The molecule has 1 heterocycles. The van der Waals surface area contributed by atoms with E-state index in [9.17, 15) is 13.2 Å². The second-order valence-electron chi connectivity index (χ2n) is 8.41. The first kappa shape index (κ1) is 25.6. The van der Waals surface area contributed by atoms with E-state index in [0.29, 0.717) is 29.2 Å². The van der Waals surface area contributed by atoms with Crippen molar-refractivity contribution >= 4 is 21.5 Å². The number of ether oxygens (including phenoxy) is 3. The van der Waals surface area contributed by atoms with Gasteiger partial charge in [0.15, 0.2) is 11.5 Å². The van der Waals surface area contributed by atoms with E-state index in [1.54, 1.807) is 36.4 Å². The average Bonchev–Trinajstić information content (AvgIpc) is 2.92. The molecule has 8 nitrogen and oxygen atoms in total. The predicted molar refractivity (Wildman–Crippen MR) is 131 cm³/mol. The zero-order chi connectivity index (χ0) is 25.0. The minimum Gasteiger partial charge on any atom is -0.493 e. The van der Waals surface area contributed by atoms with Crippen molar-refractivity contribution in [1.82, 2.24) is 9.62 Å². The topological polar surface area (TPSA) is 94.2 Å². The molecule has 1 aliphatic heterocycles. The molecule has 0 aromatic heterocycles. The lowest BCUT2D eigenvalue weighted by Crippen LogP contribution is -2.52. The van der Waals surface area contributed by atoms with E-state index in [1.807, 2.05) is 13.8 Å². The first-order valence-electron chi connectivity index (χ1n) is 11.0. The molecule has 34 heavy (non-hydrogen) atoms. The highest BCUT2D eigenvalue weighted by Crippen LogP contribution is 2.38. The molecule has 1 amide bonds.